The zero-order valence-electron chi connectivity index (χ0n) is 8.15. The van der Waals surface area contributed by atoms with Crippen LogP contribution in [-0.2, 0) is 0 Å². The maximum atomic E-state index is 11.6. The van der Waals surface area contributed by atoms with Crippen LogP contribution in [0.4, 0.5) is 0 Å². The van der Waals surface area contributed by atoms with E-state index in [0.717, 1.165) is 13.1 Å². The summed E-state index contributed by atoms with van der Waals surface area (Å²) in [6, 6.07) is 4.41. The van der Waals surface area contributed by atoms with Crippen LogP contribution in [0.25, 0.3) is 0 Å². The van der Waals surface area contributed by atoms with Crippen molar-refractivity contribution in [2.45, 2.75) is 25.3 Å². The minimum atomic E-state index is 0.252. The molecule has 2 aliphatic heterocycles. The van der Waals surface area contributed by atoms with Crippen LogP contribution in [0.2, 0.25) is 0 Å². The molecule has 0 bridgehead atoms. The van der Waals surface area contributed by atoms with E-state index in [1.807, 2.05) is 16.8 Å². The Hall–Kier alpha value is -1.09. The molecule has 3 heterocycles. The van der Waals surface area contributed by atoms with Crippen molar-refractivity contribution < 1.29 is 4.79 Å². The predicted octanol–water partition coefficient (Wildman–Crippen LogP) is 1.67. The van der Waals surface area contributed by atoms with Gasteiger partial charge in [-0.15, -0.1) is 0 Å². The number of hydrogen-bond acceptors (Lipinski definition) is 2. The van der Waals surface area contributed by atoms with E-state index in [2.05, 4.69) is 11.0 Å². The normalized spacial score (nSPS) is 27.1. The van der Waals surface area contributed by atoms with Crippen molar-refractivity contribution in [3.05, 3.63) is 24.0 Å². The van der Waals surface area contributed by atoms with Gasteiger partial charge < -0.3 is 0 Å². The van der Waals surface area contributed by atoms with E-state index in [1.165, 1.54) is 18.5 Å². The molecule has 74 valence electrons. The lowest BCUT2D eigenvalue weighted by molar-refractivity contribution is 0.0902. The Morgan fingerprint density at radius 3 is 2.86 bits per heavy atom. The second kappa shape index (κ2) is 2.95. The standard InChI is InChI=1S/C11H14N2O/c14-11-8-10(12-5-1-2-6-12)9-4-3-7-13(9)11/h3-4,7,10H,1-2,5-6,8H2. The summed E-state index contributed by atoms with van der Waals surface area (Å²) >= 11 is 0. The molecule has 1 unspecified atom stereocenters. The molecule has 0 saturated carbocycles. The lowest BCUT2D eigenvalue weighted by Gasteiger charge is -2.21. The van der Waals surface area contributed by atoms with Gasteiger partial charge in [0.1, 0.15) is 0 Å². The van der Waals surface area contributed by atoms with E-state index in [0.29, 0.717) is 12.5 Å². The Labute approximate surface area is 83.3 Å². The first-order valence-electron chi connectivity index (χ1n) is 5.31. The highest BCUT2D eigenvalue weighted by Gasteiger charge is 2.33. The minimum Gasteiger partial charge on any atom is -0.294 e. The minimum absolute atomic E-state index is 0.252. The molecule has 0 radical (unpaired) electrons. The van der Waals surface area contributed by atoms with E-state index in [1.54, 1.807) is 0 Å². The molecule has 0 amide bonds. The van der Waals surface area contributed by atoms with E-state index < -0.39 is 0 Å². The fraction of sp³-hybridized carbons (Fsp3) is 0.545. The van der Waals surface area contributed by atoms with Crippen molar-refractivity contribution >= 4 is 5.91 Å². The molecule has 2 aliphatic rings. The van der Waals surface area contributed by atoms with Gasteiger partial charge in [0.2, 0.25) is 5.91 Å². The van der Waals surface area contributed by atoms with Gasteiger partial charge >= 0.3 is 0 Å². The van der Waals surface area contributed by atoms with Gasteiger partial charge in [0.15, 0.2) is 0 Å². The number of rotatable bonds is 1. The first-order valence-corrected chi connectivity index (χ1v) is 5.31. The third-order valence-electron chi connectivity index (χ3n) is 3.34. The van der Waals surface area contributed by atoms with E-state index in [-0.39, 0.29) is 5.91 Å². The number of likely N-dealkylation sites (tertiary alicyclic amines) is 1. The highest BCUT2D eigenvalue weighted by Crippen LogP contribution is 2.33. The Kier molecular flexibility index (Phi) is 1.74. The van der Waals surface area contributed by atoms with Crippen LogP contribution in [-0.4, -0.2) is 28.5 Å². The van der Waals surface area contributed by atoms with Gasteiger partial charge in [0, 0.05) is 18.3 Å². The van der Waals surface area contributed by atoms with Crippen LogP contribution in [0, 0.1) is 0 Å². The number of hydrogen-bond donors (Lipinski definition) is 0. The van der Waals surface area contributed by atoms with Crippen LogP contribution >= 0.6 is 0 Å². The Morgan fingerprint density at radius 2 is 2.07 bits per heavy atom. The van der Waals surface area contributed by atoms with Gasteiger partial charge in [0.25, 0.3) is 0 Å². The van der Waals surface area contributed by atoms with E-state index >= 15 is 0 Å². The highest BCUT2D eigenvalue weighted by atomic mass is 16.2. The molecule has 0 N–H and O–H groups in total. The number of fused-ring (bicyclic) bond motifs is 1. The van der Waals surface area contributed by atoms with Gasteiger partial charge in [-0.3, -0.25) is 14.3 Å². The summed E-state index contributed by atoms with van der Waals surface area (Å²) < 4.78 is 1.81. The average molecular weight is 190 g/mol. The second-order valence-electron chi connectivity index (χ2n) is 4.16. The van der Waals surface area contributed by atoms with Crippen molar-refractivity contribution in [1.29, 1.82) is 0 Å². The summed E-state index contributed by atoms with van der Waals surface area (Å²) in [6.07, 6.45) is 5.13. The number of nitrogens with zero attached hydrogens (tertiary/aromatic N) is 2. The Balaban J connectivity index is 1.93. The molecule has 1 saturated heterocycles. The summed E-state index contributed by atoms with van der Waals surface area (Å²) in [7, 11) is 0. The first kappa shape index (κ1) is 8.24. The molecule has 1 fully saturated rings. The van der Waals surface area contributed by atoms with Crippen LogP contribution < -0.4 is 0 Å². The zero-order chi connectivity index (χ0) is 9.54. The monoisotopic (exact) mass is 190 g/mol. The fourth-order valence-electron chi connectivity index (χ4n) is 2.63. The molecule has 0 aliphatic carbocycles. The zero-order valence-corrected chi connectivity index (χ0v) is 8.15. The summed E-state index contributed by atoms with van der Waals surface area (Å²) in [5.74, 6) is 0.252. The van der Waals surface area contributed by atoms with Crippen LogP contribution in [0.15, 0.2) is 18.3 Å². The Morgan fingerprint density at radius 1 is 1.29 bits per heavy atom. The molecule has 1 atom stereocenters. The van der Waals surface area contributed by atoms with Crippen molar-refractivity contribution in [3.63, 3.8) is 0 Å². The molecule has 3 rings (SSSR count). The molecule has 1 aromatic rings. The quantitative estimate of drug-likeness (QED) is 0.673. The molecule has 1 aromatic heterocycles. The van der Waals surface area contributed by atoms with Crippen molar-refractivity contribution in [2.24, 2.45) is 0 Å². The van der Waals surface area contributed by atoms with E-state index in [9.17, 15) is 4.79 Å². The smallest absolute Gasteiger partial charge is 0.232 e. The van der Waals surface area contributed by atoms with Crippen molar-refractivity contribution in [2.75, 3.05) is 13.1 Å². The predicted molar refractivity (Wildman–Crippen MR) is 53.2 cm³/mol. The summed E-state index contributed by atoms with van der Waals surface area (Å²) in [5, 5.41) is 0. The maximum absolute atomic E-state index is 11.6. The van der Waals surface area contributed by atoms with Gasteiger partial charge in [-0.2, -0.15) is 0 Å². The third kappa shape index (κ3) is 1.05. The molecule has 0 aromatic carbocycles. The average Bonchev–Trinajstić information content (AvgIpc) is 2.84. The summed E-state index contributed by atoms with van der Waals surface area (Å²) in [6.45, 7) is 2.31. The molecule has 3 heteroatoms. The van der Waals surface area contributed by atoms with Crippen LogP contribution in [0.1, 0.15) is 35.8 Å². The van der Waals surface area contributed by atoms with E-state index in [4.69, 9.17) is 0 Å². The highest BCUT2D eigenvalue weighted by molar-refractivity contribution is 5.83. The van der Waals surface area contributed by atoms with Gasteiger partial charge in [-0.05, 0) is 38.1 Å². The number of aromatic nitrogens is 1. The summed E-state index contributed by atoms with van der Waals surface area (Å²) in [4.78, 5) is 14.1. The van der Waals surface area contributed by atoms with Gasteiger partial charge in [0.05, 0.1) is 6.04 Å². The number of carbonyl (C=O) groups excluding carboxylic acids is 1. The largest absolute Gasteiger partial charge is 0.294 e. The molecule has 14 heavy (non-hydrogen) atoms. The molecular weight excluding hydrogens is 176 g/mol. The Bertz CT molecular complexity index is 363. The maximum Gasteiger partial charge on any atom is 0.232 e. The molecule has 0 spiro atoms. The van der Waals surface area contributed by atoms with Crippen LogP contribution in [0.3, 0.4) is 0 Å². The SMILES string of the molecule is O=C1CC(N2CCCC2)c2cccn21. The number of carbonyl (C=O) groups is 1. The third-order valence-corrected chi connectivity index (χ3v) is 3.34. The van der Waals surface area contributed by atoms with Gasteiger partial charge in [-0.25, -0.2) is 0 Å². The summed E-state index contributed by atoms with van der Waals surface area (Å²) in [5.41, 5.74) is 1.19. The lowest BCUT2D eigenvalue weighted by atomic mass is 10.1. The van der Waals surface area contributed by atoms with Crippen molar-refractivity contribution in [1.82, 2.24) is 9.47 Å². The molecular formula is C11H14N2O. The first-order chi connectivity index (χ1) is 6.86. The fourth-order valence-corrected chi connectivity index (χ4v) is 2.63. The van der Waals surface area contributed by atoms with Gasteiger partial charge in [-0.1, -0.05) is 0 Å². The molecule has 3 nitrogen and oxygen atoms in total. The topological polar surface area (TPSA) is 25.2 Å². The second-order valence-corrected chi connectivity index (χ2v) is 4.16. The van der Waals surface area contributed by atoms with Crippen LogP contribution in [0.5, 0.6) is 0 Å². The van der Waals surface area contributed by atoms with Crippen molar-refractivity contribution in [3.8, 4) is 0 Å². The lowest BCUT2D eigenvalue weighted by Crippen LogP contribution is -2.23.